The number of carbonyl (C=O) groups excluding carboxylic acids is 1. The topological polar surface area (TPSA) is 54.5 Å². The maximum Gasteiger partial charge on any atom is 0.254 e. The largest absolute Gasteiger partial charge is 0.333 e. The fourth-order valence-electron chi connectivity index (χ4n) is 3.76. The average molecular weight is 307 g/mol. The SMILES string of the molecule is Cc1ccccc1C(=O)N1C2CCC1CC(S(C)(=O)=O)C2. The lowest BCUT2D eigenvalue weighted by Crippen LogP contribution is -2.49. The molecule has 21 heavy (non-hydrogen) atoms. The number of hydrogen-bond donors (Lipinski definition) is 0. The second kappa shape index (κ2) is 5.13. The van der Waals surface area contributed by atoms with Gasteiger partial charge in [-0.2, -0.15) is 0 Å². The van der Waals surface area contributed by atoms with E-state index in [2.05, 4.69) is 0 Å². The van der Waals surface area contributed by atoms with Crippen molar-refractivity contribution in [2.45, 2.75) is 49.9 Å². The van der Waals surface area contributed by atoms with Crippen LogP contribution in [0.15, 0.2) is 24.3 Å². The van der Waals surface area contributed by atoms with Crippen molar-refractivity contribution in [2.75, 3.05) is 6.26 Å². The van der Waals surface area contributed by atoms with Crippen LogP contribution < -0.4 is 0 Å². The van der Waals surface area contributed by atoms with Crippen molar-refractivity contribution in [3.8, 4) is 0 Å². The van der Waals surface area contributed by atoms with E-state index in [9.17, 15) is 13.2 Å². The van der Waals surface area contributed by atoms with Gasteiger partial charge in [-0.1, -0.05) is 18.2 Å². The maximum absolute atomic E-state index is 12.8. The van der Waals surface area contributed by atoms with Crippen LogP contribution in [0.2, 0.25) is 0 Å². The molecular weight excluding hydrogens is 286 g/mol. The Labute approximate surface area is 126 Å². The van der Waals surface area contributed by atoms with Crippen LogP contribution in [0.4, 0.5) is 0 Å². The molecule has 0 saturated carbocycles. The molecule has 2 aliphatic heterocycles. The van der Waals surface area contributed by atoms with Gasteiger partial charge >= 0.3 is 0 Å². The summed E-state index contributed by atoms with van der Waals surface area (Å²) in [5.74, 6) is 0.0625. The van der Waals surface area contributed by atoms with Crippen LogP contribution in [0.25, 0.3) is 0 Å². The number of amides is 1. The minimum Gasteiger partial charge on any atom is -0.333 e. The summed E-state index contributed by atoms with van der Waals surface area (Å²) in [5.41, 5.74) is 1.72. The summed E-state index contributed by atoms with van der Waals surface area (Å²) < 4.78 is 23.6. The first kappa shape index (κ1) is 14.6. The van der Waals surface area contributed by atoms with Crippen LogP contribution >= 0.6 is 0 Å². The molecule has 0 aliphatic carbocycles. The predicted molar refractivity (Wildman–Crippen MR) is 82.0 cm³/mol. The summed E-state index contributed by atoms with van der Waals surface area (Å²) in [5, 5.41) is -0.282. The Kier molecular flexibility index (Phi) is 3.56. The van der Waals surface area contributed by atoms with Crippen molar-refractivity contribution >= 4 is 15.7 Å². The number of hydrogen-bond acceptors (Lipinski definition) is 3. The van der Waals surface area contributed by atoms with E-state index >= 15 is 0 Å². The lowest BCUT2D eigenvalue weighted by Gasteiger charge is -2.38. The summed E-state index contributed by atoms with van der Waals surface area (Å²) in [6.07, 6.45) is 4.35. The number of rotatable bonds is 2. The number of fused-ring (bicyclic) bond motifs is 2. The van der Waals surface area contributed by atoms with Crippen LogP contribution in [0.5, 0.6) is 0 Å². The van der Waals surface area contributed by atoms with Gasteiger partial charge in [-0.15, -0.1) is 0 Å². The molecule has 3 rings (SSSR count). The molecule has 1 amide bonds. The Balaban J connectivity index is 1.86. The highest BCUT2D eigenvalue weighted by atomic mass is 32.2. The van der Waals surface area contributed by atoms with Gasteiger partial charge < -0.3 is 4.90 Å². The van der Waals surface area contributed by atoms with E-state index in [0.29, 0.717) is 12.8 Å². The third-order valence-corrected chi connectivity index (χ3v) is 6.50. The molecule has 4 nitrogen and oxygen atoms in total. The van der Waals surface area contributed by atoms with Crippen LogP contribution in [-0.4, -0.2) is 42.8 Å². The zero-order chi connectivity index (χ0) is 15.2. The lowest BCUT2D eigenvalue weighted by atomic mass is 9.99. The standard InChI is InChI=1S/C16H21NO3S/c1-11-5-3-4-6-15(11)16(18)17-12-7-8-13(17)10-14(9-12)21(2,19)20/h3-6,12-14H,7-10H2,1-2H3. The molecule has 0 spiro atoms. The van der Waals surface area contributed by atoms with E-state index in [0.717, 1.165) is 24.0 Å². The van der Waals surface area contributed by atoms with Crippen molar-refractivity contribution in [3.63, 3.8) is 0 Å². The highest BCUT2D eigenvalue weighted by Crippen LogP contribution is 2.39. The van der Waals surface area contributed by atoms with E-state index in [-0.39, 0.29) is 23.2 Å². The lowest BCUT2D eigenvalue weighted by molar-refractivity contribution is 0.0597. The highest BCUT2D eigenvalue weighted by Gasteiger charge is 2.46. The van der Waals surface area contributed by atoms with Crippen molar-refractivity contribution in [1.82, 2.24) is 4.90 Å². The summed E-state index contributed by atoms with van der Waals surface area (Å²) in [4.78, 5) is 14.8. The van der Waals surface area contributed by atoms with Gasteiger partial charge in [0.05, 0.1) is 5.25 Å². The Bertz CT molecular complexity index is 654. The van der Waals surface area contributed by atoms with E-state index in [1.807, 2.05) is 36.1 Å². The third kappa shape index (κ3) is 2.59. The zero-order valence-electron chi connectivity index (χ0n) is 12.5. The second-order valence-corrected chi connectivity index (χ2v) is 8.66. The van der Waals surface area contributed by atoms with Crippen molar-refractivity contribution in [1.29, 1.82) is 0 Å². The maximum atomic E-state index is 12.8. The summed E-state index contributed by atoms with van der Waals surface area (Å²) in [6.45, 7) is 1.94. The molecule has 2 saturated heterocycles. The Morgan fingerprint density at radius 2 is 1.71 bits per heavy atom. The van der Waals surface area contributed by atoms with Gasteiger partial charge in [0.25, 0.3) is 5.91 Å². The van der Waals surface area contributed by atoms with E-state index in [4.69, 9.17) is 0 Å². The first-order valence-corrected chi connectivity index (χ1v) is 9.40. The molecule has 2 bridgehead atoms. The number of nitrogens with zero attached hydrogens (tertiary/aromatic N) is 1. The van der Waals surface area contributed by atoms with Gasteiger partial charge in [0.2, 0.25) is 0 Å². The summed E-state index contributed by atoms with van der Waals surface area (Å²) >= 11 is 0. The molecule has 2 heterocycles. The predicted octanol–water partition coefficient (Wildman–Crippen LogP) is 2.18. The summed E-state index contributed by atoms with van der Waals surface area (Å²) in [7, 11) is -3.01. The van der Waals surface area contributed by atoms with Crippen LogP contribution in [-0.2, 0) is 9.84 Å². The van der Waals surface area contributed by atoms with Crippen molar-refractivity contribution < 1.29 is 13.2 Å². The smallest absolute Gasteiger partial charge is 0.254 e. The molecule has 2 unspecified atom stereocenters. The van der Waals surface area contributed by atoms with Gasteiger partial charge in [0, 0.05) is 23.9 Å². The monoisotopic (exact) mass is 307 g/mol. The minimum atomic E-state index is -3.01. The number of aryl methyl sites for hydroxylation is 1. The molecular formula is C16H21NO3S. The van der Waals surface area contributed by atoms with Gasteiger partial charge in [0.1, 0.15) is 9.84 Å². The van der Waals surface area contributed by atoms with Crippen LogP contribution in [0.1, 0.15) is 41.6 Å². The number of piperidine rings is 1. The average Bonchev–Trinajstić information content (AvgIpc) is 2.67. The Morgan fingerprint density at radius 1 is 1.14 bits per heavy atom. The molecule has 2 atom stereocenters. The van der Waals surface area contributed by atoms with Gasteiger partial charge in [-0.25, -0.2) is 8.42 Å². The molecule has 2 aliphatic rings. The normalized spacial score (nSPS) is 28.7. The van der Waals surface area contributed by atoms with E-state index in [1.54, 1.807) is 0 Å². The number of carbonyl (C=O) groups is 1. The third-order valence-electron chi connectivity index (χ3n) is 4.91. The molecule has 114 valence electrons. The zero-order valence-corrected chi connectivity index (χ0v) is 13.3. The minimum absolute atomic E-state index is 0.0625. The molecule has 0 N–H and O–H groups in total. The molecule has 1 aromatic rings. The first-order chi connectivity index (χ1) is 9.88. The number of sulfone groups is 1. The van der Waals surface area contributed by atoms with Gasteiger partial charge in [-0.3, -0.25) is 4.79 Å². The molecule has 2 fully saturated rings. The van der Waals surface area contributed by atoms with Crippen LogP contribution in [0.3, 0.4) is 0 Å². The second-order valence-electron chi connectivity index (χ2n) is 6.34. The Morgan fingerprint density at radius 3 is 2.24 bits per heavy atom. The van der Waals surface area contributed by atoms with E-state index in [1.165, 1.54) is 6.26 Å². The molecule has 0 aromatic heterocycles. The van der Waals surface area contributed by atoms with Gasteiger partial charge in [-0.05, 0) is 44.2 Å². The Hall–Kier alpha value is -1.36. The number of benzene rings is 1. The van der Waals surface area contributed by atoms with Crippen molar-refractivity contribution in [2.24, 2.45) is 0 Å². The molecule has 1 aromatic carbocycles. The summed E-state index contributed by atoms with van der Waals surface area (Å²) in [6, 6.07) is 7.77. The first-order valence-electron chi connectivity index (χ1n) is 7.45. The highest BCUT2D eigenvalue weighted by molar-refractivity contribution is 7.91. The van der Waals surface area contributed by atoms with Crippen LogP contribution in [0, 0.1) is 6.92 Å². The fourth-order valence-corrected chi connectivity index (χ4v) is 4.90. The quantitative estimate of drug-likeness (QED) is 0.841. The van der Waals surface area contributed by atoms with E-state index < -0.39 is 9.84 Å². The fraction of sp³-hybridized carbons (Fsp3) is 0.562. The van der Waals surface area contributed by atoms with Gasteiger partial charge in [0.15, 0.2) is 0 Å². The molecule has 0 radical (unpaired) electrons. The van der Waals surface area contributed by atoms with Crippen molar-refractivity contribution in [3.05, 3.63) is 35.4 Å². The molecule has 5 heteroatoms.